The quantitative estimate of drug-likeness (QED) is 0.0318. The zero-order valence-corrected chi connectivity index (χ0v) is 49.6. The Morgan fingerprint density at radius 2 is 0.522 bits per heavy atom. The molecule has 0 radical (unpaired) electrons. The summed E-state index contributed by atoms with van der Waals surface area (Å²) < 4.78 is 0. The third-order valence-corrected chi connectivity index (χ3v) is 11.2. The first-order chi connectivity index (χ1) is 31.9. The highest BCUT2D eigenvalue weighted by atomic mass is 14.7. The lowest BCUT2D eigenvalue weighted by Gasteiger charge is -2.19. The van der Waals surface area contributed by atoms with Gasteiger partial charge in [-0.05, 0) is 163 Å². The van der Waals surface area contributed by atoms with E-state index in [-0.39, 0.29) is 18.1 Å². The average molecular weight is 996 g/mol. The van der Waals surface area contributed by atoms with E-state index < -0.39 is 0 Å². The van der Waals surface area contributed by atoms with E-state index in [1.165, 1.54) is 25.7 Å². The third-order valence-electron chi connectivity index (χ3n) is 11.2. The van der Waals surface area contributed by atoms with Crippen LogP contribution in [-0.2, 0) is 0 Å². The van der Waals surface area contributed by atoms with Gasteiger partial charge in [0.2, 0.25) is 0 Å². The molecule has 0 aromatic carbocycles. The van der Waals surface area contributed by atoms with E-state index >= 15 is 0 Å². The lowest BCUT2D eigenvalue weighted by molar-refractivity contribution is 0.401. The Hall–Kier alpha value is -0.560. The fraction of sp³-hybridized carbons (Fsp3) is 1.00. The number of hydrogen-bond donors (Lipinski definition) is 14. The summed E-state index contributed by atoms with van der Waals surface area (Å²) in [6.45, 7) is 39.1. The van der Waals surface area contributed by atoms with Gasteiger partial charge in [0, 0.05) is 68.0 Å². The molecule has 28 N–H and O–H groups in total. The Kier molecular flexibility index (Phi) is 71.7. The molecule has 69 heavy (non-hydrogen) atoms. The summed E-state index contributed by atoms with van der Waals surface area (Å²) in [5.41, 5.74) is 78.0. The maximum atomic E-state index is 5.97. The van der Waals surface area contributed by atoms with Crippen LogP contribution in [0.2, 0.25) is 0 Å². The standard InChI is InChI=1S/C11H26N2.3C8H20N2.2C7H18N2.C6H16N2/c1-8(2)7-10(12)5-6-11(13)9(3)4;1-7(2)3-4-8(10)5-6-9;1-7(2)6-8(10)4-3-5-9;1-7(2)4-3-5-8(10)6-9;1-6(2)5-7(9)3-4-8;1-6(2)3-4-7(9)5-8;1-5(2)3-6(8)4-7/h8-11H,5-7,12-13H2,1-4H3;3*7-8H,3-6,9-10H2,1-2H3;2*6-7H,3-5,8-9H2,1-2H3;5-6H,3-4,7-8H2,1-2H3/t10-,11?;3*8-;2*7-;/m010000./s1. The molecule has 0 aromatic heterocycles. The molecule has 0 aliphatic carbocycles. The van der Waals surface area contributed by atoms with Gasteiger partial charge in [-0.2, -0.15) is 0 Å². The van der Waals surface area contributed by atoms with Gasteiger partial charge >= 0.3 is 0 Å². The van der Waals surface area contributed by atoms with Gasteiger partial charge in [-0.25, -0.2) is 0 Å². The van der Waals surface area contributed by atoms with Gasteiger partial charge in [0.25, 0.3) is 0 Å². The summed E-state index contributed by atoms with van der Waals surface area (Å²) in [5, 5.41) is 0. The predicted molar refractivity (Wildman–Crippen MR) is 315 cm³/mol. The van der Waals surface area contributed by atoms with Crippen molar-refractivity contribution in [3.63, 3.8) is 0 Å². The molecule has 0 heterocycles. The van der Waals surface area contributed by atoms with Crippen molar-refractivity contribution >= 4 is 0 Å². The first-order valence-corrected chi connectivity index (χ1v) is 28.2. The number of nitrogens with two attached hydrogens (primary N) is 14. The van der Waals surface area contributed by atoms with Crippen molar-refractivity contribution in [1.29, 1.82) is 0 Å². The molecule has 0 saturated heterocycles. The molecule has 0 aromatic rings. The highest BCUT2D eigenvalue weighted by molar-refractivity contribution is 4.71. The Morgan fingerprint density at radius 1 is 0.232 bits per heavy atom. The Labute approximate surface area is 433 Å². The Bertz CT molecular complexity index is 907. The Morgan fingerprint density at radius 3 is 0.826 bits per heavy atom. The fourth-order valence-electron chi connectivity index (χ4n) is 6.68. The zero-order valence-electron chi connectivity index (χ0n) is 49.6. The van der Waals surface area contributed by atoms with Gasteiger partial charge in [-0.3, -0.25) is 0 Å². The summed E-state index contributed by atoms with van der Waals surface area (Å²) in [5.74, 6) is 5.68. The molecule has 0 fully saturated rings. The van der Waals surface area contributed by atoms with Gasteiger partial charge in [-0.1, -0.05) is 124 Å². The van der Waals surface area contributed by atoms with Crippen molar-refractivity contribution in [1.82, 2.24) is 0 Å². The van der Waals surface area contributed by atoms with Crippen LogP contribution in [0, 0.1) is 47.3 Å². The SMILES string of the molecule is CC(C)CC(N)CN.CC(C)CCC[C@H](N)CN.CC(C)CC[C@@H](N)CCN.CC(C)CC[C@H](N)CN.CC(C)C[C@@H](N)CCC(N)C(C)C.CC(C)C[C@@H](N)CCCN.CC(C)C[C@@H](N)CCN. The van der Waals surface area contributed by atoms with Crippen LogP contribution in [0.15, 0.2) is 0 Å². The van der Waals surface area contributed by atoms with Crippen molar-refractivity contribution < 1.29 is 0 Å². The molecule has 0 aliphatic rings. The van der Waals surface area contributed by atoms with Crippen LogP contribution >= 0.6 is 0 Å². The van der Waals surface area contributed by atoms with E-state index in [0.29, 0.717) is 86.0 Å². The fourth-order valence-corrected chi connectivity index (χ4v) is 6.68. The highest BCUT2D eigenvalue weighted by Gasteiger charge is 2.11. The first-order valence-electron chi connectivity index (χ1n) is 28.2. The number of hydrogen-bond acceptors (Lipinski definition) is 14. The molecule has 8 atom stereocenters. The van der Waals surface area contributed by atoms with Gasteiger partial charge in [0.15, 0.2) is 0 Å². The van der Waals surface area contributed by atoms with Crippen LogP contribution in [0.1, 0.15) is 220 Å². The van der Waals surface area contributed by atoms with Crippen LogP contribution in [0.4, 0.5) is 0 Å². The normalized spacial score (nSPS) is 14.7. The number of rotatable bonds is 32. The van der Waals surface area contributed by atoms with E-state index in [1.807, 2.05) is 0 Å². The molecule has 0 spiro atoms. The third kappa shape index (κ3) is 90.7. The molecule has 0 aliphatic heterocycles. The second-order valence-electron chi connectivity index (χ2n) is 23.4. The molecule has 2 unspecified atom stereocenters. The van der Waals surface area contributed by atoms with E-state index in [4.69, 9.17) is 80.3 Å². The summed E-state index contributed by atoms with van der Waals surface area (Å²) in [6.07, 6.45) is 18.7. The topological polar surface area (TPSA) is 364 Å². The van der Waals surface area contributed by atoms with E-state index in [1.54, 1.807) is 0 Å². The second kappa shape index (κ2) is 60.0. The molecular formula is C55H138N14. The summed E-state index contributed by atoms with van der Waals surface area (Å²) in [7, 11) is 0. The molecule has 0 bridgehead atoms. The average Bonchev–Trinajstić information content (AvgIpc) is 3.23. The van der Waals surface area contributed by atoms with Gasteiger partial charge in [-0.15, -0.1) is 0 Å². The van der Waals surface area contributed by atoms with E-state index in [9.17, 15) is 0 Å². The summed E-state index contributed by atoms with van der Waals surface area (Å²) >= 11 is 0. The van der Waals surface area contributed by atoms with E-state index in [0.717, 1.165) is 114 Å². The van der Waals surface area contributed by atoms with Crippen LogP contribution in [0.5, 0.6) is 0 Å². The van der Waals surface area contributed by atoms with Crippen molar-refractivity contribution in [3.05, 3.63) is 0 Å². The van der Waals surface area contributed by atoms with Crippen molar-refractivity contribution in [2.45, 2.75) is 268 Å². The van der Waals surface area contributed by atoms with Crippen LogP contribution in [-0.4, -0.2) is 87.6 Å². The zero-order chi connectivity index (χ0) is 55.5. The molecule has 428 valence electrons. The Balaban J connectivity index is -0.000000131. The monoisotopic (exact) mass is 995 g/mol. The maximum Gasteiger partial charge on any atom is 0.0165 e. The maximum absolute atomic E-state index is 5.97. The lowest BCUT2D eigenvalue weighted by Crippen LogP contribution is -2.30. The minimum absolute atomic E-state index is 0.204. The molecule has 14 nitrogen and oxygen atoms in total. The van der Waals surface area contributed by atoms with Gasteiger partial charge < -0.3 is 80.3 Å². The predicted octanol–water partition coefficient (Wildman–Crippen LogP) is 7.16. The summed E-state index contributed by atoms with van der Waals surface area (Å²) in [6, 6.07) is 2.30. The van der Waals surface area contributed by atoms with Gasteiger partial charge in [0.1, 0.15) is 0 Å². The minimum Gasteiger partial charge on any atom is -0.330 e. The highest BCUT2D eigenvalue weighted by Crippen LogP contribution is 2.12. The van der Waals surface area contributed by atoms with Crippen LogP contribution < -0.4 is 80.3 Å². The second-order valence-corrected chi connectivity index (χ2v) is 23.4. The van der Waals surface area contributed by atoms with Crippen molar-refractivity contribution in [2.75, 3.05) is 39.3 Å². The van der Waals surface area contributed by atoms with Crippen molar-refractivity contribution in [3.8, 4) is 0 Å². The minimum atomic E-state index is 0.204. The molecule has 0 amide bonds. The molecule has 0 saturated carbocycles. The lowest BCUT2D eigenvalue weighted by atomic mass is 9.94. The van der Waals surface area contributed by atoms with Crippen molar-refractivity contribution in [2.24, 2.45) is 128 Å². The first kappa shape index (κ1) is 82.5. The largest absolute Gasteiger partial charge is 0.330 e. The molecule has 0 rings (SSSR count). The smallest absolute Gasteiger partial charge is 0.0165 e. The molecular weight excluding hydrogens is 857 g/mol. The summed E-state index contributed by atoms with van der Waals surface area (Å²) in [4.78, 5) is 0. The van der Waals surface area contributed by atoms with Gasteiger partial charge in [0.05, 0.1) is 0 Å². The molecule has 14 heteroatoms. The van der Waals surface area contributed by atoms with Crippen LogP contribution in [0.3, 0.4) is 0 Å². The van der Waals surface area contributed by atoms with E-state index in [2.05, 4.69) is 111 Å². The van der Waals surface area contributed by atoms with Crippen LogP contribution in [0.25, 0.3) is 0 Å².